The lowest BCUT2D eigenvalue weighted by Crippen LogP contribution is -2.23. The molecule has 35 heavy (non-hydrogen) atoms. The second kappa shape index (κ2) is 10.9. The molecule has 0 radical (unpaired) electrons. The van der Waals surface area contributed by atoms with Crippen LogP contribution in [-0.4, -0.2) is 31.9 Å². The number of nitrogens with one attached hydrogen (secondary N) is 1. The van der Waals surface area contributed by atoms with E-state index in [1.807, 2.05) is 49.5 Å². The molecule has 0 amide bonds. The monoisotopic (exact) mass is 511 g/mol. The molecule has 1 aromatic heterocycles. The Morgan fingerprint density at radius 3 is 2.43 bits per heavy atom. The number of rotatable bonds is 10. The summed E-state index contributed by atoms with van der Waals surface area (Å²) in [4.78, 5) is 0.149. The molecule has 182 valence electrons. The molecule has 1 heterocycles. The van der Waals surface area contributed by atoms with Gasteiger partial charge in [-0.05, 0) is 61.0 Å². The highest BCUT2D eigenvalue weighted by Crippen LogP contribution is 2.32. The normalized spacial score (nSPS) is 11.4. The molecule has 4 rings (SSSR count). The van der Waals surface area contributed by atoms with Crippen LogP contribution in [0.3, 0.4) is 0 Å². The zero-order valence-corrected chi connectivity index (χ0v) is 21.0. The Hall–Kier alpha value is -3.33. The second-order valence-corrected chi connectivity index (χ2v) is 9.95. The molecular formula is C26H26ClN3O4S. The van der Waals surface area contributed by atoms with Crippen LogP contribution in [0.25, 0.3) is 16.9 Å². The Bertz CT molecular complexity index is 1390. The predicted octanol–water partition coefficient (Wildman–Crippen LogP) is 5.47. The highest BCUT2D eigenvalue weighted by Gasteiger charge is 2.19. The number of para-hydroxylation sites is 1. The van der Waals surface area contributed by atoms with Crippen LogP contribution >= 0.6 is 11.6 Å². The first-order chi connectivity index (χ1) is 16.9. The van der Waals surface area contributed by atoms with Crippen molar-refractivity contribution < 1.29 is 17.9 Å². The van der Waals surface area contributed by atoms with Gasteiger partial charge < -0.3 is 9.47 Å². The molecule has 0 fully saturated rings. The summed E-state index contributed by atoms with van der Waals surface area (Å²) < 4.78 is 41.0. The maximum Gasteiger partial charge on any atom is 0.240 e. The van der Waals surface area contributed by atoms with Crippen molar-refractivity contribution in [2.45, 2.75) is 24.8 Å². The molecule has 0 atom stereocenters. The minimum absolute atomic E-state index is 0.0439. The fourth-order valence-electron chi connectivity index (χ4n) is 3.48. The SMILES string of the molecule is CCCOc1ccc(-c2nn(-c3ccccc3)cc2CNS(=O)(=O)c2ccc(OC)cc2)cc1Cl. The number of sulfonamides is 1. The topological polar surface area (TPSA) is 82.5 Å². The number of halogens is 1. The number of nitrogens with zero attached hydrogens (tertiary/aromatic N) is 2. The van der Waals surface area contributed by atoms with Crippen LogP contribution in [0.2, 0.25) is 5.02 Å². The maximum absolute atomic E-state index is 12.9. The molecule has 9 heteroatoms. The van der Waals surface area contributed by atoms with Crippen LogP contribution < -0.4 is 14.2 Å². The second-order valence-electron chi connectivity index (χ2n) is 7.78. The lowest BCUT2D eigenvalue weighted by atomic mass is 10.1. The van der Waals surface area contributed by atoms with Crippen LogP contribution in [0.4, 0.5) is 0 Å². The van der Waals surface area contributed by atoms with Gasteiger partial charge in [0, 0.05) is 23.9 Å². The van der Waals surface area contributed by atoms with Crippen molar-refractivity contribution in [3.63, 3.8) is 0 Å². The van der Waals surface area contributed by atoms with E-state index in [0.717, 1.165) is 17.7 Å². The van der Waals surface area contributed by atoms with Crippen molar-refractivity contribution >= 4 is 21.6 Å². The number of methoxy groups -OCH3 is 1. The number of hydrogen-bond donors (Lipinski definition) is 1. The summed E-state index contributed by atoms with van der Waals surface area (Å²) in [5, 5.41) is 5.21. The molecule has 0 aliphatic carbocycles. The summed E-state index contributed by atoms with van der Waals surface area (Å²) in [6, 6.07) is 21.3. The van der Waals surface area contributed by atoms with E-state index in [0.29, 0.717) is 34.4 Å². The van der Waals surface area contributed by atoms with Crippen molar-refractivity contribution in [2.24, 2.45) is 0 Å². The van der Waals surface area contributed by atoms with Crippen molar-refractivity contribution in [2.75, 3.05) is 13.7 Å². The summed E-state index contributed by atoms with van der Waals surface area (Å²) in [6.45, 7) is 2.64. The summed E-state index contributed by atoms with van der Waals surface area (Å²) in [5.74, 6) is 1.18. The van der Waals surface area contributed by atoms with Crippen LogP contribution in [-0.2, 0) is 16.6 Å². The number of benzene rings is 3. The minimum Gasteiger partial charge on any atom is -0.497 e. The van der Waals surface area contributed by atoms with Crippen molar-refractivity contribution in [1.82, 2.24) is 14.5 Å². The predicted molar refractivity (Wildman–Crippen MR) is 137 cm³/mol. The molecule has 0 aliphatic heterocycles. The van der Waals surface area contributed by atoms with Gasteiger partial charge in [0.25, 0.3) is 0 Å². The molecule has 0 spiro atoms. The average molecular weight is 512 g/mol. The van der Waals surface area contributed by atoms with E-state index in [9.17, 15) is 8.42 Å². The van der Waals surface area contributed by atoms with E-state index in [1.54, 1.807) is 28.9 Å². The van der Waals surface area contributed by atoms with E-state index in [2.05, 4.69) is 4.72 Å². The van der Waals surface area contributed by atoms with Gasteiger partial charge in [-0.25, -0.2) is 17.8 Å². The van der Waals surface area contributed by atoms with Gasteiger partial charge in [-0.2, -0.15) is 5.10 Å². The van der Waals surface area contributed by atoms with Crippen LogP contribution in [0.15, 0.2) is 83.9 Å². The quantitative estimate of drug-likeness (QED) is 0.305. The van der Waals surface area contributed by atoms with E-state index < -0.39 is 10.0 Å². The highest BCUT2D eigenvalue weighted by molar-refractivity contribution is 7.89. The fraction of sp³-hybridized carbons (Fsp3) is 0.192. The first kappa shape index (κ1) is 24.8. The lowest BCUT2D eigenvalue weighted by molar-refractivity contribution is 0.317. The Morgan fingerprint density at radius 2 is 1.77 bits per heavy atom. The van der Waals surface area contributed by atoms with E-state index in [4.69, 9.17) is 26.2 Å². The van der Waals surface area contributed by atoms with E-state index in [1.165, 1.54) is 19.2 Å². The number of aromatic nitrogens is 2. The third-order valence-electron chi connectivity index (χ3n) is 5.30. The molecule has 0 aliphatic rings. The molecule has 7 nitrogen and oxygen atoms in total. The van der Waals surface area contributed by atoms with Crippen molar-refractivity contribution in [3.8, 4) is 28.4 Å². The summed E-state index contributed by atoms with van der Waals surface area (Å²) in [5.41, 5.74) is 2.93. The molecule has 3 aromatic carbocycles. The summed E-state index contributed by atoms with van der Waals surface area (Å²) in [7, 11) is -2.22. The molecule has 0 unspecified atom stereocenters. The van der Waals surface area contributed by atoms with E-state index in [-0.39, 0.29) is 11.4 Å². The van der Waals surface area contributed by atoms with Crippen LogP contribution in [0.5, 0.6) is 11.5 Å². The molecular weight excluding hydrogens is 486 g/mol. The fourth-order valence-corrected chi connectivity index (χ4v) is 4.72. The Balaban J connectivity index is 1.66. The average Bonchev–Trinajstić information content (AvgIpc) is 3.32. The molecule has 0 saturated carbocycles. The van der Waals surface area contributed by atoms with Gasteiger partial charge in [-0.3, -0.25) is 0 Å². The zero-order valence-electron chi connectivity index (χ0n) is 19.4. The summed E-state index contributed by atoms with van der Waals surface area (Å²) in [6.07, 6.45) is 2.69. The third-order valence-corrected chi connectivity index (χ3v) is 7.01. The van der Waals surface area contributed by atoms with Crippen molar-refractivity contribution in [1.29, 1.82) is 0 Å². The smallest absolute Gasteiger partial charge is 0.240 e. The minimum atomic E-state index is -3.75. The van der Waals surface area contributed by atoms with Gasteiger partial charge in [0.2, 0.25) is 10.0 Å². The lowest BCUT2D eigenvalue weighted by Gasteiger charge is -2.10. The van der Waals surface area contributed by atoms with Gasteiger partial charge in [0.15, 0.2) is 0 Å². The van der Waals surface area contributed by atoms with Gasteiger partial charge in [-0.15, -0.1) is 0 Å². The van der Waals surface area contributed by atoms with Gasteiger partial charge in [-0.1, -0.05) is 36.7 Å². The maximum atomic E-state index is 12.9. The van der Waals surface area contributed by atoms with E-state index >= 15 is 0 Å². The highest BCUT2D eigenvalue weighted by atomic mass is 35.5. The largest absolute Gasteiger partial charge is 0.497 e. The number of ether oxygens (including phenoxy) is 2. The zero-order chi connectivity index (χ0) is 24.8. The van der Waals surface area contributed by atoms with Crippen LogP contribution in [0, 0.1) is 0 Å². The van der Waals surface area contributed by atoms with Crippen LogP contribution in [0.1, 0.15) is 18.9 Å². The Labute approximate surface area is 210 Å². The van der Waals surface area contributed by atoms with Crippen molar-refractivity contribution in [3.05, 3.63) is 89.6 Å². The van der Waals surface area contributed by atoms with Gasteiger partial charge in [0.1, 0.15) is 11.5 Å². The molecule has 1 N–H and O–H groups in total. The first-order valence-electron chi connectivity index (χ1n) is 11.1. The Kier molecular flexibility index (Phi) is 7.75. The summed E-state index contributed by atoms with van der Waals surface area (Å²) >= 11 is 6.46. The Morgan fingerprint density at radius 1 is 1.03 bits per heavy atom. The molecule has 0 bridgehead atoms. The number of hydrogen-bond acceptors (Lipinski definition) is 5. The third kappa shape index (κ3) is 5.85. The standard InChI is InChI=1S/C26H26ClN3O4S/c1-3-15-34-25-14-9-19(16-24(25)27)26-20(18-30(29-26)21-7-5-4-6-8-21)17-28-35(31,32)23-12-10-22(33-2)11-13-23/h4-14,16,18,28H,3,15,17H2,1-2H3. The first-order valence-corrected chi connectivity index (χ1v) is 13.0. The van der Waals surface area contributed by atoms with Gasteiger partial charge >= 0.3 is 0 Å². The van der Waals surface area contributed by atoms with Gasteiger partial charge in [0.05, 0.1) is 35.0 Å². The molecule has 4 aromatic rings. The molecule has 0 saturated heterocycles.